The topological polar surface area (TPSA) is 90.7 Å². The lowest BCUT2D eigenvalue weighted by Gasteiger charge is -2.24. The molecule has 0 amide bonds. The first-order valence-electron chi connectivity index (χ1n) is 9.58. The van der Waals surface area contributed by atoms with E-state index in [-0.39, 0.29) is 11.5 Å². The highest BCUT2D eigenvalue weighted by Gasteiger charge is 2.29. The Morgan fingerprint density at radius 3 is 2.50 bits per heavy atom. The van der Waals surface area contributed by atoms with E-state index in [0.717, 1.165) is 12.2 Å². The molecular formula is C21H22BrN3O4S. The molecule has 9 heteroatoms. The summed E-state index contributed by atoms with van der Waals surface area (Å²) in [4.78, 5) is 14.1. The molecule has 2 aromatic carbocycles. The number of nitriles is 1. The van der Waals surface area contributed by atoms with Crippen LogP contribution in [0.25, 0.3) is 0 Å². The molecule has 0 atom stereocenters. The lowest BCUT2D eigenvalue weighted by molar-refractivity contribution is 0.0526. The van der Waals surface area contributed by atoms with Crippen LogP contribution in [0.3, 0.4) is 0 Å². The highest BCUT2D eigenvalue weighted by atomic mass is 79.9. The largest absolute Gasteiger partial charge is 0.462 e. The first kappa shape index (κ1) is 22.3. The molecule has 3 rings (SSSR count). The number of ether oxygens (including phenoxy) is 1. The SMILES string of the molecule is CCOC(=O)c1ccc(S(=O)(=O)N2CCCN(c3ccc(C#N)cc3)CC2)c(Br)c1. The summed E-state index contributed by atoms with van der Waals surface area (Å²) in [5.74, 6) is -0.491. The number of esters is 1. The van der Waals surface area contributed by atoms with E-state index in [1.54, 1.807) is 19.1 Å². The number of rotatable bonds is 5. The van der Waals surface area contributed by atoms with Crippen molar-refractivity contribution < 1.29 is 17.9 Å². The van der Waals surface area contributed by atoms with E-state index < -0.39 is 16.0 Å². The molecule has 1 aliphatic heterocycles. The smallest absolute Gasteiger partial charge is 0.338 e. The molecule has 0 spiro atoms. The third-order valence-corrected chi connectivity index (χ3v) is 7.75. The van der Waals surface area contributed by atoms with Crippen LogP contribution >= 0.6 is 15.9 Å². The van der Waals surface area contributed by atoms with Gasteiger partial charge in [0.05, 0.1) is 28.7 Å². The predicted octanol–water partition coefficient (Wildman–Crippen LogP) is 3.40. The van der Waals surface area contributed by atoms with Gasteiger partial charge in [0.25, 0.3) is 0 Å². The highest BCUT2D eigenvalue weighted by Crippen LogP contribution is 2.28. The number of hydrogen-bond donors (Lipinski definition) is 0. The molecule has 0 bridgehead atoms. The Labute approximate surface area is 185 Å². The lowest BCUT2D eigenvalue weighted by Crippen LogP contribution is -2.35. The number of hydrogen-bond acceptors (Lipinski definition) is 6. The molecule has 158 valence electrons. The maximum absolute atomic E-state index is 13.2. The van der Waals surface area contributed by atoms with Crippen molar-refractivity contribution in [1.82, 2.24) is 4.31 Å². The van der Waals surface area contributed by atoms with Crippen LogP contribution in [0.1, 0.15) is 29.3 Å². The summed E-state index contributed by atoms with van der Waals surface area (Å²) in [6.07, 6.45) is 0.678. The van der Waals surface area contributed by atoms with Gasteiger partial charge in [-0.1, -0.05) is 0 Å². The number of nitrogens with zero attached hydrogens (tertiary/aromatic N) is 3. The average Bonchev–Trinajstić information content (AvgIpc) is 3.00. The van der Waals surface area contributed by atoms with Gasteiger partial charge in [-0.2, -0.15) is 9.57 Å². The van der Waals surface area contributed by atoms with Crippen molar-refractivity contribution in [2.75, 3.05) is 37.7 Å². The van der Waals surface area contributed by atoms with Crippen molar-refractivity contribution >= 4 is 37.6 Å². The van der Waals surface area contributed by atoms with Crippen LogP contribution in [0.5, 0.6) is 0 Å². The van der Waals surface area contributed by atoms with Crippen LogP contribution in [0.15, 0.2) is 51.8 Å². The molecular weight excluding hydrogens is 470 g/mol. The van der Waals surface area contributed by atoms with Crippen LogP contribution in [-0.2, 0) is 14.8 Å². The fourth-order valence-electron chi connectivity index (χ4n) is 3.33. The molecule has 7 nitrogen and oxygen atoms in total. The summed E-state index contributed by atoms with van der Waals surface area (Å²) in [6.45, 7) is 3.98. The molecule has 1 aliphatic rings. The van der Waals surface area contributed by atoms with Gasteiger partial charge in [0.1, 0.15) is 0 Å². The summed E-state index contributed by atoms with van der Waals surface area (Å²) in [7, 11) is -3.72. The fourth-order valence-corrected chi connectivity index (χ4v) is 5.84. The summed E-state index contributed by atoms with van der Waals surface area (Å²) in [5, 5.41) is 8.95. The van der Waals surface area contributed by atoms with Crippen LogP contribution < -0.4 is 4.90 Å². The Morgan fingerprint density at radius 2 is 1.87 bits per heavy atom. The van der Waals surface area contributed by atoms with Crippen molar-refractivity contribution in [2.24, 2.45) is 0 Å². The Bertz CT molecular complexity index is 1060. The van der Waals surface area contributed by atoms with Crippen LogP contribution in [0.2, 0.25) is 0 Å². The zero-order valence-electron chi connectivity index (χ0n) is 16.5. The third-order valence-electron chi connectivity index (χ3n) is 4.88. The van der Waals surface area contributed by atoms with E-state index in [4.69, 9.17) is 10.00 Å². The second-order valence-corrected chi connectivity index (χ2v) is 9.53. The number of sulfonamides is 1. The van der Waals surface area contributed by atoms with Gasteiger partial charge < -0.3 is 9.64 Å². The monoisotopic (exact) mass is 491 g/mol. The molecule has 0 radical (unpaired) electrons. The first-order chi connectivity index (χ1) is 14.4. The summed E-state index contributed by atoms with van der Waals surface area (Å²) < 4.78 is 33.2. The quantitative estimate of drug-likeness (QED) is 0.595. The number of carbonyl (C=O) groups is 1. The van der Waals surface area contributed by atoms with Crippen molar-refractivity contribution in [3.63, 3.8) is 0 Å². The van der Waals surface area contributed by atoms with Crippen LogP contribution in [0, 0.1) is 11.3 Å². The van der Waals surface area contributed by atoms with Gasteiger partial charge in [-0.3, -0.25) is 0 Å². The normalized spacial score (nSPS) is 15.3. The molecule has 1 saturated heterocycles. The summed E-state index contributed by atoms with van der Waals surface area (Å²) in [5.41, 5.74) is 1.85. The van der Waals surface area contributed by atoms with Crippen molar-refractivity contribution in [3.05, 3.63) is 58.1 Å². The van der Waals surface area contributed by atoms with Gasteiger partial charge in [0.2, 0.25) is 10.0 Å². The molecule has 0 unspecified atom stereocenters. The van der Waals surface area contributed by atoms with E-state index in [2.05, 4.69) is 26.9 Å². The zero-order chi connectivity index (χ0) is 21.7. The molecule has 30 heavy (non-hydrogen) atoms. The molecule has 0 N–H and O–H groups in total. The van der Waals surface area contributed by atoms with E-state index in [0.29, 0.717) is 41.7 Å². The highest BCUT2D eigenvalue weighted by molar-refractivity contribution is 9.10. The third kappa shape index (κ3) is 4.83. The van der Waals surface area contributed by atoms with E-state index in [9.17, 15) is 13.2 Å². The maximum Gasteiger partial charge on any atom is 0.338 e. The maximum atomic E-state index is 13.2. The minimum absolute atomic E-state index is 0.127. The average molecular weight is 492 g/mol. The summed E-state index contributed by atoms with van der Waals surface area (Å²) >= 11 is 3.30. The number of anilines is 1. The first-order valence-corrected chi connectivity index (χ1v) is 11.8. The molecule has 0 aliphatic carbocycles. The van der Waals surface area contributed by atoms with E-state index >= 15 is 0 Å². The molecule has 1 fully saturated rings. The fraction of sp³-hybridized carbons (Fsp3) is 0.333. The zero-order valence-corrected chi connectivity index (χ0v) is 18.9. The Hall–Kier alpha value is -2.41. The van der Waals surface area contributed by atoms with Gasteiger partial charge in [0, 0.05) is 36.3 Å². The van der Waals surface area contributed by atoms with Crippen molar-refractivity contribution in [3.8, 4) is 6.07 Å². The number of benzene rings is 2. The van der Waals surface area contributed by atoms with Gasteiger partial charge >= 0.3 is 5.97 Å². The minimum Gasteiger partial charge on any atom is -0.462 e. The Morgan fingerprint density at radius 1 is 1.13 bits per heavy atom. The van der Waals surface area contributed by atoms with Gasteiger partial charge in [-0.15, -0.1) is 0 Å². The van der Waals surface area contributed by atoms with Gasteiger partial charge in [-0.05, 0) is 71.7 Å². The lowest BCUT2D eigenvalue weighted by atomic mass is 10.2. The van der Waals surface area contributed by atoms with Crippen LogP contribution in [-0.4, -0.2) is 51.5 Å². The van der Waals surface area contributed by atoms with Crippen molar-refractivity contribution in [1.29, 1.82) is 5.26 Å². The Kier molecular flexibility index (Phi) is 7.13. The molecule has 0 aromatic heterocycles. The minimum atomic E-state index is -3.72. The van der Waals surface area contributed by atoms with Gasteiger partial charge in [-0.25, -0.2) is 13.2 Å². The molecule has 1 heterocycles. The predicted molar refractivity (Wildman–Crippen MR) is 117 cm³/mol. The van der Waals surface area contributed by atoms with Crippen molar-refractivity contribution in [2.45, 2.75) is 18.2 Å². The van der Waals surface area contributed by atoms with E-state index in [1.165, 1.54) is 22.5 Å². The molecule has 2 aromatic rings. The van der Waals surface area contributed by atoms with Gasteiger partial charge in [0.15, 0.2) is 0 Å². The second-order valence-electron chi connectivity index (χ2n) is 6.77. The molecule has 0 saturated carbocycles. The van der Waals surface area contributed by atoms with Crippen LogP contribution in [0.4, 0.5) is 5.69 Å². The van der Waals surface area contributed by atoms with E-state index in [1.807, 2.05) is 12.1 Å². The standard InChI is InChI=1S/C21H22BrN3O4S/c1-2-29-21(26)17-6-9-20(19(22)14-17)30(27,28)25-11-3-10-24(12-13-25)18-7-4-16(15-23)5-8-18/h4-9,14H,2-3,10-13H2,1H3. The second kappa shape index (κ2) is 9.60. The number of halogens is 1. The summed E-state index contributed by atoms with van der Waals surface area (Å²) in [6, 6.07) is 13.8. The number of carbonyl (C=O) groups excluding carboxylic acids is 1. The Balaban J connectivity index is 1.76.